The van der Waals surface area contributed by atoms with Gasteiger partial charge in [0.05, 0.1) is 13.2 Å². The van der Waals surface area contributed by atoms with E-state index in [-0.39, 0.29) is 19.0 Å². The number of nitrogens with one attached hydrogen (secondary N) is 1. The van der Waals surface area contributed by atoms with Gasteiger partial charge in [-0.15, -0.1) is 0 Å². The lowest BCUT2D eigenvalue weighted by Crippen LogP contribution is -2.51. The first-order chi connectivity index (χ1) is 13.4. The van der Waals surface area contributed by atoms with Gasteiger partial charge in [0.2, 0.25) is 0 Å². The molecule has 0 saturated carbocycles. The molecule has 154 valence electrons. The Labute approximate surface area is 164 Å². The monoisotopic (exact) mass is 392 g/mol. The van der Waals surface area contributed by atoms with Crippen molar-refractivity contribution in [2.45, 2.75) is 12.5 Å². The minimum Gasteiger partial charge on any atom is -0.480 e. The summed E-state index contributed by atoms with van der Waals surface area (Å²) in [7, 11) is 3.25. The van der Waals surface area contributed by atoms with Crippen molar-refractivity contribution in [1.82, 2.24) is 20.0 Å². The first-order valence-corrected chi connectivity index (χ1v) is 9.24. The van der Waals surface area contributed by atoms with Crippen molar-refractivity contribution < 1.29 is 24.2 Å². The van der Waals surface area contributed by atoms with Gasteiger partial charge in [0, 0.05) is 46.7 Å². The van der Waals surface area contributed by atoms with Crippen molar-refractivity contribution in [3.05, 3.63) is 35.9 Å². The lowest BCUT2D eigenvalue weighted by Gasteiger charge is -2.31. The van der Waals surface area contributed by atoms with E-state index in [0.29, 0.717) is 32.8 Å². The van der Waals surface area contributed by atoms with Crippen molar-refractivity contribution in [2.24, 2.45) is 0 Å². The van der Waals surface area contributed by atoms with E-state index in [9.17, 15) is 19.5 Å². The summed E-state index contributed by atoms with van der Waals surface area (Å²) >= 11 is 0. The summed E-state index contributed by atoms with van der Waals surface area (Å²) in [6.07, 6.45) is 0.200. The number of likely N-dealkylation sites (N-methyl/N-ethyl adjacent to an activating group) is 2. The van der Waals surface area contributed by atoms with Crippen molar-refractivity contribution in [1.29, 1.82) is 0 Å². The van der Waals surface area contributed by atoms with E-state index >= 15 is 0 Å². The number of aliphatic carboxylic acids is 1. The third kappa shape index (κ3) is 6.41. The Morgan fingerprint density at radius 2 is 1.71 bits per heavy atom. The van der Waals surface area contributed by atoms with E-state index in [2.05, 4.69) is 5.32 Å². The largest absolute Gasteiger partial charge is 0.480 e. The van der Waals surface area contributed by atoms with E-state index in [4.69, 9.17) is 4.74 Å². The van der Waals surface area contributed by atoms with Gasteiger partial charge in [-0.1, -0.05) is 30.3 Å². The zero-order valence-corrected chi connectivity index (χ0v) is 16.3. The van der Waals surface area contributed by atoms with Crippen LogP contribution < -0.4 is 5.32 Å². The molecule has 1 fully saturated rings. The SMILES string of the molecule is CN(CCN(C)C(=O)N1CCOCC1)C(=O)NC(Cc1ccccc1)C(=O)O. The summed E-state index contributed by atoms with van der Waals surface area (Å²) in [5.41, 5.74) is 0.827. The second-order valence-corrected chi connectivity index (χ2v) is 6.76. The molecule has 2 N–H and O–H groups in total. The number of rotatable bonds is 7. The fraction of sp³-hybridized carbons (Fsp3) is 0.526. The fourth-order valence-electron chi connectivity index (χ4n) is 2.80. The molecule has 0 spiro atoms. The molecule has 0 bridgehead atoms. The third-order valence-corrected chi connectivity index (χ3v) is 4.60. The lowest BCUT2D eigenvalue weighted by molar-refractivity contribution is -0.139. The molecule has 1 saturated heterocycles. The zero-order chi connectivity index (χ0) is 20.5. The highest BCUT2D eigenvalue weighted by Gasteiger charge is 2.24. The zero-order valence-electron chi connectivity index (χ0n) is 16.3. The van der Waals surface area contributed by atoms with Crippen molar-refractivity contribution >= 4 is 18.0 Å². The van der Waals surface area contributed by atoms with Crippen LogP contribution in [0.2, 0.25) is 0 Å². The molecule has 1 atom stereocenters. The quantitative estimate of drug-likeness (QED) is 0.711. The number of carbonyl (C=O) groups is 3. The van der Waals surface area contributed by atoms with Crippen LogP contribution in [0.15, 0.2) is 30.3 Å². The van der Waals surface area contributed by atoms with Crippen LogP contribution in [0.3, 0.4) is 0 Å². The maximum Gasteiger partial charge on any atom is 0.326 e. The Hall–Kier alpha value is -2.81. The number of hydrogen-bond acceptors (Lipinski definition) is 4. The topological polar surface area (TPSA) is 102 Å². The molecule has 9 nitrogen and oxygen atoms in total. The highest BCUT2D eigenvalue weighted by Crippen LogP contribution is 2.05. The molecule has 1 unspecified atom stereocenters. The van der Waals surface area contributed by atoms with E-state index in [1.165, 1.54) is 4.90 Å². The first-order valence-electron chi connectivity index (χ1n) is 9.24. The fourth-order valence-corrected chi connectivity index (χ4v) is 2.80. The number of ether oxygens (including phenoxy) is 1. The summed E-state index contributed by atoms with van der Waals surface area (Å²) in [5.74, 6) is -1.09. The average Bonchev–Trinajstić information content (AvgIpc) is 2.71. The van der Waals surface area contributed by atoms with Gasteiger partial charge in [0.1, 0.15) is 6.04 Å². The average molecular weight is 392 g/mol. The van der Waals surface area contributed by atoms with Crippen molar-refractivity contribution in [3.63, 3.8) is 0 Å². The highest BCUT2D eigenvalue weighted by atomic mass is 16.5. The molecule has 0 aromatic heterocycles. The minimum atomic E-state index is -1.09. The second kappa shape index (κ2) is 10.5. The summed E-state index contributed by atoms with van der Waals surface area (Å²) < 4.78 is 5.24. The standard InChI is InChI=1S/C19H28N4O5/c1-21(8-9-22(2)19(27)23-10-12-28-13-11-23)18(26)20-16(17(24)25)14-15-6-4-3-5-7-15/h3-7,16H,8-14H2,1-2H3,(H,20,26)(H,24,25). The van der Waals surface area contributed by atoms with E-state index in [0.717, 1.165) is 5.56 Å². The molecule has 0 radical (unpaired) electrons. The number of carboxylic acids is 1. The van der Waals surface area contributed by atoms with Gasteiger partial charge < -0.3 is 29.9 Å². The molecular weight excluding hydrogens is 364 g/mol. The molecule has 2 rings (SSSR count). The van der Waals surface area contributed by atoms with Crippen LogP contribution in [0.4, 0.5) is 9.59 Å². The number of carboxylic acid groups (broad SMARTS) is 1. The summed E-state index contributed by atoms with van der Waals surface area (Å²) in [4.78, 5) is 40.8. The van der Waals surface area contributed by atoms with Crippen molar-refractivity contribution in [3.8, 4) is 0 Å². The Bertz CT molecular complexity index is 664. The number of morpholine rings is 1. The Kier molecular flexibility index (Phi) is 8.06. The maximum atomic E-state index is 12.4. The molecule has 1 aliphatic rings. The second-order valence-electron chi connectivity index (χ2n) is 6.76. The van der Waals surface area contributed by atoms with Crippen LogP contribution in [-0.2, 0) is 16.0 Å². The number of carbonyl (C=O) groups excluding carboxylic acids is 2. The number of urea groups is 2. The summed E-state index contributed by atoms with van der Waals surface area (Å²) in [6, 6.07) is 7.51. The minimum absolute atomic E-state index is 0.107. The first kappa shape index (κ1) is 21.5. The summed E-state index contributed by atoms with van der Waals surface area (Å²) in [5, 5.41) is 11.9. The number of benzene rings is 1. The van der Waals surface area contributed by atoms with E-state index < -0.39 is 18.0 Å². The number of hydrogen-bond donors (Lipinski definition) is 2. The van der Waals surface area contributed by atoms with Crippen LogP contribution in [0.5, 0.6) is 0 Å². The Morgan fingerprint density at radius 3 is 2.32 bits per heavy atom. The normalized spacial score (nSPS) is 14.9. The number of nitrogens with zero attached hydrogens (tertiary/aromatic N) is 3. The van der Waals surface area contributed by atoms with Gasteiger partial charge >= 0.3 is 18.0 Å². The van der Waals surface area contributed by atoms with Gasteiger partial charge in [-0.05, 0) is 5.56 Å². The predicted octanol–water partition coefficient (Wildman–Crippen LogP) is 0.708. The van der Waals surface area contributed by atoms with Crippen LogP contribution in [-0.4, -0.2) is 97.4 Å². The lowest BCUT2D eigenvalue weighted by atomic mass is 10.1. The smallest absolute Gasteiger partial charge is 0.326 e. The van der Waals surface area contributed by atoms with Crippen LogP contribution in [0.1, 0.15) is 5.56 Å². The molecule has 9 heteroatoms. The van der Waals surface area contributed by atoms with Crippen LogP contribution >= 0.6 is 0 Å². The molecule has 1 aliphatic heterocycles. The predicted molar refractivity (Wildman–Crippen MR) is 103 cm³/mol. The van der Waals surface area contributed by atoms with E-state index in [1.807, 2.05) is 30.3 Å². The van der Waals surface area contributed by atoms with Gasteiger partial charge in [0.15, 0.2) is 0 Å². The van der Waals surface area contributed by atoms with E-state index in [1.54, 1.807) is 23.9 Å². The molecule has 0 aliphatic carbocycles. The molecule has 1 aromatic carbocycles. The maximum absolute atomic E-state index is 12.4. The van der Waals surface area contributed by atoms with Gasteiger partial charge in [-0.3, -0.25) is 0 Å². The third-order valence-electron chi connectivity index (χ3n) is 4.60. The Morgan fingerprint density at radius 1 is 1.11 bits per heavy atom. The molecule has 4 amide bonds. The highest BCUT2D eigenvalue weighted by molar-refractivity contribution is 5.82. The Balaban J connectivity index is 1.81. The van der Waals surface area contributed by atoms with Gasteiger partial charge in [-0.25, -0.2) is 14.4 Å². The van der Waals surface area contributed by atoms with Crippen LogP contribution in [0.25, 0.3) is 0 Å². The van der Waals surface area contributed by atoms with Gasteiger partial charge in [-0.2, -0.15) is 0 Å². The van der Waals surface area contributed by atoms with Crippen LogP contribution in [0, 0.1) is 0 Å². The molecule has 1 heterocycles. The summed E-state index contributed by atoms with van der Waals surface area (Å²) in [6.45, 7) is 2.80. The molecule has 1 aromatic rings. The van der Waals surface area contributed by atoms with Gasteiger partial charge in [0.25, 0.3) is 0 Å². The van der Waals surface area contributed by atoms with Crippen molar-refractivity contribution in [2.75, 3.05) is 53.5 Å². The molecule has 28 heavy (non-hydrogen) atoms. The number of amides is 4. The molecular formula is C19H28N4O5.